The second-order valence-corrected chi connectivity index (χ2v) is 6.84. The van der Waals surface area contributed by atoms with E-state index in [0.717, 1.165) is 42.4 Å². The quantitative estimate of drug-likeness (QED) is 0.803. The fraction of sp³-hybridized carbons (Fsp3) is 0.706. The van der Waals surface area contributed by atoms with E-state index < -0.39 is 0 Å². The van der Waals surface area contributed by atoms with Crippen molar-refractivity contribution in [2.45, 2.75) is 65.7 Å². The lowest BCUT2D eigenvalue weighted by atomic mass is 10.2. The molecule has 0 aliphatic carbocycles. The lowest BCUT2D eigenvalue weighted by Gasteiger charge is -2.20. The number of hydrogen-bond acceptors (Lipinski definition) is 7. The van der Waals surface area contributed by atoms with Gasteiger partial charge in [-0.05, 0) is 27.2 Å². The van der Waals surface area contributed by atoms with E-state index in [1.807, 2.05) is 13.8 Å². The molecule has 1 aliphatic rings. The average molecular weight is 334 g/mol. The van der Waals surface area contributed by atoms with Crippen molar-refractivity contribution in [1.29, 1.82) is 0 Å². The van der Waals surface area contributed by atoms with Crippen LogP contribution in [0.3, 0.4) is 0 Å². The van der Waals surface area contributed by atoms with E-state index in [9.17, 15) is 0 Å². The van der Waals surface area contributed by atoms with Gasteiger partial charge in [0.25, 0.3) is 0 Å². The second-order valence-electron chi connectivity index (χ2n) is 6.84. The molecule has 0 N–H and O–H groups in total. The Morgan fingerprint density at radius 2 is 2.00 bits per heavy atom. The highest BCUT2D eigenvalue weighted by atomic mass is 16.5. The topological polar surface area (TPSA) is 77.4 Å². The van der Waals surface area contributed by atoms with Crippen LogP contribution in [0.25, 0.3) is 0 Å². The van der Waals surface area contributed by atoms with Crippen LogP contribution in [0.4, 0.5) is 0 Å². The minimum absolute atomic E-state index is 0.109. The lowest BCUT2D eigenvalue weighted by molar-refractivity contribution is 0.0415. The van der Waals surface area contributed by atoms with Crippen molar-refractivity contribution in [3.8, 4) is 0 Å². The van der Waals surface area contributed by atoms with Crippen molar-refractivity contribution < 1.29 is 13.8 Å². The van der Waals surface area contributed by atoms with Crippen LogP contribution in [0.2, 0.25) is 0 Å². The highest BCUT2D eigenvalue weighted by Crippen LogP contribution is 2.26. The molecule has 0 saturated carbocycles. The zero-order valence-corrected chi connectivity index (χ0v) is 15.1. The normalized spacial score (nSPS) is 20.2. The van der Waals surface area contributed by atoms with Crippen molar-refractivity contribution >= 4 is 0 Å². The molecule has 7 nitrogen and oxygen atoms in total. The van der Waals surface area contributed by atoms with E-state index >= 15 is 0 Å². The monoisotopic (exact) mass is 334 g/mol. The van der Waals surface area contributed by atoms with Crippen LogP contribution < -0.4 is 0 Å². The first kappa shape index (κ1) is 17.1. The van der Waals surface area contributed by atoms with E-state index in [1.165, 1.54) is 0 Å². The zero-order valence-electron chi connectivity index (χ0n) is 15.1. The summed E-state index contributed by atoms with van der Waals surface area (Å²) in [7, 11) is 0. The van der Waals surface area contributed by atoms with Crippen LogP contribution in [0.1, 0.15) is 67.9 Å². The third-order valence-corrected chi connectivity index (χ3v) is 4.70. The van der Waals surface area contributed by atoms with Crippen LogP contribution in [0, 0.1) is 13.8 Å². The fourth-order valence-electron chi connectivity index (χ4n) is 2.96. The summed E-state index contributed by atoms with van der Waals surface area (Å²) in [6.45, 7) is 12.5. The Labute approximate surface area is 142 Å². The molecule has 1 aliphatic heterocycles. The zero-order chi connectivity index (χ0) is 17.3. The summed E-state index contributed by atoms with van der Waals surface area (Å²) < 4.78 is 16.7. The predicted molar refractivity (Wildman–Crippen MR) is 87.5 cm³/mol. The first-order valence-corrected chi connectivity index (χ1v) is 8.56. The number of hydrogen-bond donors (Lipinski definition) is 0. The van der Waals surface area contributed by atoms with Crippen molar-refractivity contribution in [1.82, 2.24) is 20.2 Å². The van der Waals surface area contributed by atoms with Crippen molar-refractivity contribution in [3.05, 3.63) is 28.7 Å². The van der Waals surface area contributed by atoms with Crippen LogP contribution in [0.15, 0.2) is 9.05 Å². The first-order valence-electron chi connectivity index (χ1n) is 8.56. The van der Waals surface area contributed by atoms with E-state index in [-0.39, 0.29) is 18.1 Å². The molecule has 3 heterocycles. The summed E-state index contributed by atoms with van der Waals surface area (Å²) in [5, 5.41) is 8.02. The molecule has 2 aromatic rings. The van der Waals surface area contributed by atoms with Crippen LogP contribution >= 0.6 is 0 Å². The highest BCUT2D eigenvalue weighted by Gasteiger charge is 2.30. The van der Waals surface area contributed by atoms with Gasteiger partial charge >= 0.3 is 0 Å². The van der Waals surface area contributed by atoms with Crippen LogP contribution in [-0.4, -0.2) is 39.4 Å². The average Bonchev–Trinajstić information content (AvgIpc) is 3.26. The van der Waals surface area contributed by atoms with E-state index in [2.05, 4.69) is 41.0 Å². The summed E-state index contributed by atoms with van der Waals surface area (Å²) in [5.74, 6) is 2.56. The third kappa shape index (κ3) is 3.52. The minimum Gasteiger partial charge on any atom is -0.372 e. The summed E-state index contributed by atoms with van der Waals surface area (Å²) in [5.41, 5.74) is 1.96. The fourth-order valence-corrected chi connectivity index (χ4v) is 2.96. The van der Waals surface area contributed by atoms with Gasteiger partial charge in [0.2, 0.25) is 5.89 Å². The van der Waals surface area contributed by atoms with Crippen molar-refractivity contribution in [2.75, 3.05) is 13.1 Å². The number of ether oxygens (including phenoxy) is 1. The standard InChI is InChI=1S/C17H26N4O3/c1-10(2)16-18-17(24-20-16)12(4)21-7-6-14(8-21)22-9-15-11(3)19-23-13(15)5/h10,12,14H,6-9H2,1-5H3. The molecule has 0 aromatic carbocycles. The van der Waals surface area contributed by atoms with Gasteiger partial charge in [0.15, 0.2) is 5.82 Å². The van der Waals surface area contributed by atoms with Gasteiger partial charge in [-0.1, -0.05) is 24.2 Å². The molecule has 1 fully saturated rings. The predicted octanol–water partition coefficient (Wildman–Crippen LogP) is 3.15. The summed E-state index contributed by atoms with van der Waals surface area (Å²) >= 11 is 0. The van der Waals surface area contributed by atoms with Crippen molar-refractivity contribution in [2.24, 2.45) is 0 Å². The van der Waals surface area contributed by atoms with E-state index in [4.69, 9.17) is 13.8 Å². The van der Waals surface area contributed by atoms with Gasteiger partial charge in [-0.3, -0.25) is 4.90 Å². The Balaban J connectivity index is 1.54. The van der Waals surface area contributed by atoms with Gasteiger partial charge < -0.3 is 13.8 Å². The smallest absolute Gasteiger partial charge is 0.243 e. The van der Waals surface area contributed by atoms with E-state index in [0.29, 0.717) is 12.5 Å². The number of rotatable bonds is 6. The lowest BCUT2D eigenvalue weighted by Crippen LogP contribution is -2.26. The van der Waals surface area contributed by atoms with Gasteiger partial charge in [0.05, 0.1) is 24.4 Å². The highest BCUT2D eigenvalue weighted by molar-refractivity contribution is 5.19. The molecule has 7 heteroatoms. The molecule has 0 bridgehead atoms. The molecule has 2 atom stereocenters. The minimum atomic E-state index is 0.109. The number of aryl methyl sites for hydroxylation is 2. The Morgan fingerprint density at radius 1 is 1.21 bits per heavy atom. The third-order valence-electron chi connectivity index (χ3n) is 4.70. The molecule has 1 saturated heterocycles. The number of aromatic nitrogens is 3. The molecule has 2 aromatic heterocycles. The van der Waals surface area contributed by atoms with Crippen LogP contribution in [-0.2, 0) is 11.3 Å². The molecule has 132 valence electrons. The molecular weight excluding hydrogens is 308 g/mol. The maximum absolute atomic E-state index is 6.06. The van der Waals surface area contributed by atoms with Crippen molar-refractivity contribution in [3.63, 3.8) is 0 Å². The Bertz CT molecular complexity index is 660. The first-order chi connectivity index (χ1) is 11.5. The summed E-state index contributed by atoms with van der Waals surface area (Å²) in [6, 6.07) is 0.109. The van der Waals surface area contributed by atoms with Gasteiger partial charge in [-0.15, -0.1) is 0 Å². The molecule has 0 amide bonds. The van der Waals surface area contributed by atoms with Gasteiger partial charge in [-0.2, -0.15) is 4.98 Å². The van der Waals surface area contributed by atoms with Crippen LogP contribution in [0.5, 0.6) is 0 Å². The Morgan fingerprint density at radius 3 is 2.62 bits per heavy atom. The van der Waals surface area contributed by atoms with E-state index in [1.54, 1.807) is 0 Å². The molecule has 3 rings (SSSR count). The van der Waals surface area contributed by atoms with Gasteiger partial charge in [0, 0.05) is 24.6 Å². The largest absolute Gasteiger partial charge is 0.372 e. The molecule has 0 radical (unpaired) electrons. The Kier molecular flexibility index (Phi) is 5.01. The maximum Gasteiger partial charge on any atom is 0.243 e. The van der Waals surface area contributed by atoms with Gasteiger partial charge in [0.1, 0.15) is 5.76 Å². The number of likely N-dealkylation sites (tertiary alicyclic amines) is 1. The summed E-state index contributed by atoms with van der Waals surface area (Å²) in [6.07, 6.45) is 1.20. The molecule has 2 unspecified atom stereocenters. The summed E-state index contributed by atoms with van der Waals surface area (Å²) in [4.78, 5) is 6.84. The second kappa shape index (κ2) is 7.03. The molecule has 24 heavy (non-hydrogen) atoms. The molecular formula is C17H26N4O3. The Hall–Kier alpha value is -1.73. The maximum atomic E-state index is 6.06. The van der Waals surface area contributed by atoms with Gasteiger partial charge in [-0.25, -0.2) is 0 Å². The SMILES string of the molecule is Cc1noc(C)c1COC1CCN(C(C)c2nc(C(C)C)no2)C1. The number of nitrogens with zero attached hydrogens (tertiary/aromatic N) is 4. The molecule has 0 spiro atoms.